The maximum atomic E-state index is 5.21. The molecule has 0 aromatic carbocycles. The maximum Gasteiger partial charge on any atom is 0.0748 e. The van der Waals surface area contributed by atoms with Crippen molar-refractivity contribution in [2.75, 3.05) is 27.7 Å². The van der Waals surface area contributed by atoms with Crippen LogP contribution < -0.4 is 0 Å². The third kappa shape index (κ3) is 4.43. The molecule has 0 bridgehead atoms. The number of hydrogen-bond acceptors (Lipinski definition) is 2. The van der Waals surface area contributed by atoms with Gasteiger partial charge in [-0.25, -0.2) is 0 Å². The molecule has 0 atom stereocenters. The highest BCUT2D eigenvalue weighted by atomic mass is 16.5. The zero-order chi connectivity index (χ0) is 7.49. The SMILES string of the molecule is COC(C)(C)CN(C)C. The zero-order valence-electron chi connectivity index (χ0n) is 7.06. The summed E-state index contributed by atoms with van der Waals surface area (Å²) in [6.07, 6.45) is 0. The lowest BCUT2D eigenvalue weighted by Crippen LogP contribution is -2.35. The minimum absolute atomic E-state index is 0.0104. The van der Waals surface area contributed by atoms with Crippen LogP contribution in [-0.4, -0.2) is 38.3 Å². The smallest absolute Gasteiger partial charge is 0.0748 e. The second-order valence-electron chi connectivity index (χ2n) is 3.20. The van der Waals surface area contributed by atoms with E-state index in [4.69, 9.17) is 4.74 Å². The van der Waals surface area contributed by atoms with Gasteiger partial charge in [-0.05, 0) is 27.9 Å². The molecule has 0 fully saturated rings. The predicted molar refractivity (Wildman–Crippen MR) is 39.6 cm³/mol. The molecule has 0 heterocycles. The standard InChI is InChI=1S/C7H17NO/c1-7(2,9-5)6-8(3)4/h6H2,1-5H3. The molecule has 0 aromatic rings. The Morgan fingerprint density at radius 2 is 1.78 bits per heavy atom. The summed E-state index contributed by atoms with van der Waals surface area (Å²) in [5, 5.41) is 0. The van der Waals surface area contributed by atoms with E-state index in [-0.39, 0.29) is 5.60 Å². The Balaban J connectivity index is 3.58. The summed E-state index contributed by atoms with van der Waals surface area (Å²) >= 11 is 0. The molecule has 0 rings (SSSR count). The van der Waals surface area contributed by atoms with E-state index in [0.717, 1.165) is 6.54 Å². The van der Waals surface area contributed by atoms with E-state index in [0.29, 0.717) is 0 Å². The molecule has 0 radical (unpaired) electrons. The lowest BCUT2D eigenvalue weighted by Gasteiger charge is -2.26. The molecular formula is C7H17NO. The Morgan fingerprint density at radius 3 is 1.89 bits per heavy atom. The first-order chi connectivity index (χ1) is 3.98. The number of hydrogen-bond donors (Lipinski definition) is 0. The first kappa shape index (κ1) is 8.92. The van der Waals surface area contributed by atoms with Gasteiger partial charge in [-0.3, -0.25) is 0 Å². The average Bonchev–Trinajstić information content (AvgIpc) is 1.63. The van der Waals surface area contributed by atoms with E-state index < -0.39 is 0 Å². The zero-order valence-corrected chi connectivity index (χ0v) is 7.06. The van der Waals surface area contributed by atoms with Crippen LogP contribution in [0, 0.1) is 0 Å². The second-order valence-corrected chi connectivity index (χ2v) is 3.20. The third-order valence-electron chi connectivity index (χ3n) is 1.25. The molecule has 0 saturated heterocycles. The second kappa shape index (κ2) is 3.18. The molecule has 0 aromatic heterocycles. The summed E-state index contributed by atoms with van der Waals surface area (Å²) < 4.78 is 5.21. The van der Waals surface area contributed by atoms with Crippen LogP contribution in [0.25, 0.3) is 0 Å². The highest BCUT2D eigenvalue weighted by molar-refractivity contribution is 4.69. The summed E-state index contributed by atoms with van der Waals surface area (Å²) in [4.78, 5) is 2.11. The Kier molecular flexibility index (Phi) is 3.15. The van der Waals surface area contributed by atoms with Crippen LogP contribution in [0.2, 0.25) is 0 Å². The first-order valence-electron chi connectivity index (χ1n) is 3.18. The third-order valence-corrected chi connectivity index (χ3v) is 1.25. The number of rotatable bonds is 3. The van der Waals surface area contributed by atoms with Gasteiger partial charge in [0.2, 0.25) is 0 Å². The molecule has 2 nitrogen and oxygen atoms in total. The highest BCUT2D eigenvalue weighted by Crippen LogP contribution is 2.06. The minimum Gasteiger partial charge on any atom is -0.377 e. The summed E-state index contributed by atoms with van der Waals surface area (Å²) in [6.45, 7) is 5.11. The van der Waals surface area contributed by atoms with Crippen LogP contribution in [0.1, 0.15) is 13.8 Å². The molecule has 0 aliphatic heterocycles. The van der Waals surface area contributed by atoms with E-state index in [1.807, 2.05) is 14.1 Å². The van der Waals surface area contributed by atoms with E-state index in [2.05, 4.69) is 18.7 Å². The minimum atomic E-state index is -0.0104. The van der Waals surface area contributed by atoms with Crippen molar-refractivity contribution in [3.05, 3.63) is 0 Å². The molecule has 0 N–H and O–H groups in total. The van der Waals surface area contributed by atoms with Crippen LogP contribution in [0.5, 0.6) is 0 Å². The lowest BCUT2D eigenvalue weighted by atomic mass is 10.1. The summed E-state index contributed by atoms with van der Waals surface area (Å²) in [7, 11) is 5.82. The molecule has 0 spiro atoms. The normalized spacial score (nSPS) is 12.7. The van der Waals surface area contributed by atoms with Gasteiger partial charge in [-0.2, -0.15) is 0 Å². The van der Waals surface area contributed by atoms with Crippen molar-refractivity contribution in [1.29, 1.82) is 0 Å². The van der Waals surface area contributed by atoms with Gasteiger partial charge in [0.25, 0.3) is 0 Å². The summed E-state index contributed by atoms with van der Waals surface area (Å²) in [5.41, 5.74) is -0.0104. The van der Waals surface area contributed by atoms with Crippen LogP contribution in [-0.2, 0) is 4.74 Å². The van der Waals surface area contributed by atoms with Crippen molar-refractivity contribution in [1.82, 2.24) is 4.90 Å². The molecule has 56 valence electrons. The Morgan fingerprint density at radius 1 is 1.33 bits per heavy atom. The van der Waals surface area contributed by atoms with Crippen molar-refractivity contribution in [3.63, 3.8) is 0 Å². The quantitative estimate of drug-likeness (QED) is 0.566. The molecule has 0 aliphatic carbocycles. The lowest BCUT2D eigenvalue weighted by molar-refractivity contribution is 0.00292. The topological polar surface area (TPSA) is 12.5 Å². The highest BCUT2D eigenvalue weighted by Gasteiger charge is 2.16. The Bertz CT molecular complexity index is 79.0. The van der Waals surface area contributed by atoms with Crippen LogP contribution in [0.15, 0.2) is 0 Å². The van der Waals surface area contributed by atoms with Crippen molar-refractivity contribution in [3.8, 4) is 0 Å². The molecule has 0 amide bonds. The molecule has 0 aliphatic rings. The van der Waals surface area contributed by atoms with E-state index in [9.17, 15) is 0 Å². The molecule has 2 heteroatoms. The number of ether oxygens (including phenoxy) is 1. The Labute approximate surface area is 57.8 Å². The van der Waals surface area contributed by atoms with Gasteiger partial charge in [-0.15, -0.1) is 0 Å². The van der Waals surface area contributed by atoms with Crippen LogP contribution in [0.4, 0.5) is 0 Å². The molecule has 0 unspecified atom stereocenters. The van der Waals surface area contributed by atoms with E-state index >= 15 is 0 Å². The van der Waals surface area contributed by atoms with Crippen LogP contribution >= 0.6 is 0 Å². The van der Waals surface area contributed by atoms with Gasteiger partial charge in [0.15, 0.2) is 0 Å². The number of likely N-dealkylation sites (N-methyl/N-ethyl adjacent to an activating group) is 1. The van der Waals surface area contributed by atoms with Crippen molar-refractivity contribution in [2.24, 2.45) is 0 Å². The van der Waals surface area contributed by atoms with Crippen molar-refractivity contribution < 1.29 is 4.74 Å². The van der Waals surface area contributed by atoms with E-state index in [1.165, 1.54) is 0 Å². The van der Waals surface area contributed by atoms with Gasteiger partial charge < -0.3 is 9.64 Å². The molecule has 9 heavy (non-hydrogen) atoms. The van der Waals surface area contributed by atoms with Crippen molar-refractivity contribution in [2.45, 2.75) is 19.4 Å². The fraction of sp³-hybridized carbons (Fsp3) is 1.00. The van der Waals surface area contributed by atoms with Gasteiger partial charge in [0, 0.05) is 13.7 Å². The summed E-state index contributed by atoms with van der Waals surface area (Å²) in [6, 6.07) is 0. The number of nitrogens with zero attached hydrogens (tertiary/aromatic N) is 1. The van der Waals surface area contributed by atoms with Gasteiger partial charge in [0.05, 0.1) is 5.60 Å². The van der Waals surface area contributed by atoms with Gasteiger partial charge >= 0.3 is 0 Å². The number of methoxy groups -OCH3 is 1. The van der Waals surface area contributed by atoms with E-state index in [1.54, 1.807) is 7.11 Å². The van der Waals surface area contributed by atoms with Crippen LogP contribution in [0.3, 0.4) is 0 Å². The largest absolute Gasteiger partial charge is 0.377 e. The fourth-order valence-corrected chi connectivity index (χ4v) is 0.826. The first-order valence-corrected chi connectivity index (χ1v) is 3.18. The van der Waals surface area contributed by atoms with Gasteiger partial charge in [-0.1, -0.05) is 0 Å². The van der Waals surface area contributed by atoms with Crippen molar-refractivity contribution >= 4 is 0 Å². The molecule has 0 saturated carbocycles. The maximum absolute atomic E-state index is 5.21. The molecular weight excluding hydrogens is 114 g/mol. The monoisotopic (exact) mass is 131 g/mol. The Hall–Kier alpha value is -0.0800. The van der Waals surface area contributed by atoms with Gasteiger partial charge in [0.1, 0.15) is 0 Å². The fourth-order valence-electron chi connectivity index (χ4n) is 0.826. The predicted octanol–water partition coefficient (Wildman–Crippen LogP) is 0.973. The average molecular weight is 131 g/mol. The summed E-state index contributed by atoms with van der Waals surface area (Å²) in [5.74, 6) is 0.